The van der Waals surface area contributed by atoms with Crippen LogP contribution in [0.2, 0.25) is 0 Å². The molecule has 1 unspecified atom stereocenters. The van der Waals surface area contributed by atoms with E-state index in [-0.39, 0.29) is 6.04 Å². The van der Waals surface area contributed by atoms with Crippen molar-refractivity contribution in [3.63, 3.8) is 0 Å². The van der Waals surface area contributed by atoms with E-state index in [1.165, 1.54) is 0 Å². The second-order valence-corrected chi connectivity index (χ2v) is 8.86. The van der Waals surface area contributed by atoms with Crippen molar-refractivity contribution in [1.82, 2.24) is 5.16 Å². The number of likely N-dealkylation sites (N-methyl/N-ethyl adjacent to an activating group) is 1. The van der Waals surface area contributed by atoms with Gasteiger partial charge in [-0.05, 0) is 17.5 Å². The monoisotopic (exact) mass is 435 g/mol. The molecular weight excluding hydrogens is 404 g/mol. The average molecular weight is 436 g/mol. The van der Waals surface area contributed by atoms with Crippen LogP contribution < -0.4 is 0 Å². The SMILES string of the molecule is C[N@+]1(CCCc2ccon2)CCCC1COC(=O)C(O)(c1ccccc1)c1ccccc1. The van der Waals surface area contributed by atoms with E-state index in [0.717, 1.165) is 48.9 Å². The molecule has 1 aliphatic rings. The minimum Gasteiger partial charge on any atom is -0.457 e. The van der Waals surface area contributed by atoms with Crippen LogP contribution in [0.5, 0.6) is 0 Å². The molecule has 2 aromatic carbocycles. The molecule has 6 nitrogen and oxygen atoms in total. The number of nitrogens with zero attached hydrogens (tertiary/aromatic N) is 2. The zero-order valence-electron chi connectivity index (χ0n) is 18.5. The Morgan fingerprint density at radius 2 is 1.78 bits per heavy atom. The molecule has 6 heteroatoms. The Labute approximate surface area is 189 Å². The van der Waals surface area contributed by atoms with Gasteiger partial charge in [-0.15, -0.1) is 0 Å². The molecule has 0 saturated carbocycles. The van der Waals surface area contributed by atoms with Crippen molar-refractivity contribution in [2.45, 2.75) is 37.3 Å². The zero-order chi connectivity index (χ0) is 22.4. The molecule has 1 aromatic heterocycles. The first-order valence-electron chi connectivity index (χ1n) is 11.3. The van der Waals surface area contributed by atoms with E-state index >= 15 is 0 Å². The maximum Gasteiger partial charge on any atom is 0.347 e. The number of aromatic nitrogens is 1. The van der Waals surface area contributed by atoms with E-state index in [4.69, 9.17) is 9.26 Å². The highest BCUT2D eigenvalue weighted by Crippen LogP contribution is 2.32. The van der Waals surface area contributed by atoms with Crippen LogP contribution in [-0.4, -0.2) is 53.5 Å². The van der Waals surface area contributed by atoms with Gasteiger partial charge >= 0.3 is 5.97 Å². The predicted molar refractivity (Wildman–Crippen MR) is 121 cm³/mol. The molecule has 1 N–H and O–H groups in total. The lowest BCUT2D eigenvalue weighted by Crippen LogP contribution is -2.51. The summed E-state index contributed by atoms with van der Waals surface area (Å²) < 4.78 is 11.6. The summed E-state index contributed by atoms with van der Waals surface area (Å²) in [7, 11) is 2.23. The Kier molecular flexibility index (Phi) is 6.72. The number of aryl methyl sites for hydroxylation is 1. The summed E-state index contributed by atoms with van der Waals surface area (Å²) in [6, 6.07) is 20.1. The molecule has 0 spiro atoms. The maximum absolute atomic E-state index is 13.3. The fourth-order valence-corrected chi connectivity index (χ4v) is 4.77. The van der Waals surface area contributed by atoms with Crippen LogP contribution in [0, 0.1) is 0 Å². The normalized spacial score (nSPS) is 20.9. The lowest BCUT2D eigenvalue weighted by molar-refractivity contribution is -0.921. The molecule has 32 heavy (non-hydrogen) atoms. The molecule has 3 aromatic rings. The Balaban J connectivity index is 1.44. The van der Waals surface area contributed by atoms with Crippen LogP contribution in [-0.2, 0) is 21.6 Å². The Hall–Kier alpha value is -2.96. The Bertz CT molecular complexity index is 952. The molecular formula is C26H31N2O4+. The summed E-state index contributed by atoms with van der Waals surface area (Å²) in [6.45, 7) is 2.33. The Morgan fingerprint density at radius 3 is 2.38 bits per heavy atom. The number of carbonyl (C=O) groups excluding carboxylic acids is 1. The smallest absolute Gasteiger partial charge is 0.347 e. The van der Waals surface area contributed by atoms with Crippen molar-refractivity contribution < 1.29 is 23.6 Å². The number of ether oxygens (including phenoxy) is 1. The summed E-state index contributed by atoms with van der Waals surface area (Å²) in [5, 5.41) is 15.6. The third-order valence-corrected chi connectivity index (χ3v) is 6.77. The number of hydrogen-bond acceptors (Lipinski definition) is 5. The van der Waals surface area contributed by atoms with E-state index < -0.39 is 11.6 Å². The van der Waals surface area contributed by atoms with Crippen molar-refractivity contribution >= 4 is 5.97 Å². The molecule has 1 fully saturated rings. The zero-order valence-corrected chi connectivity index (χ0v) is 18.5. The minimum atomic E-state index is -1.84. The van der Waals surface area contributed by atoms with Gasteiger partial charge in [-0.2, -0.15) is 0 Å². The molecule has 0 amide bonds. The fraction of sp³-hybridized carbons (Fsp3) is 0.385. The van der Waals surface area contributed by atoms with E-state index in [0.29, 0.717) is 17.7 Å². The lowest BCUT2D eigenvalue weighted by atomic mass is 9.86. The fourth-order valence-electron chi connectivity index (χ4n) is 4.77. The standard InChI is InChI=1S/C26H31N2O4/c1-28(17-8-14-23-16-19-32-27-23)18-9-15-24(28)20-31-25(29)26(30,21-10-4-2-5-11-21)22-12-6-3-7-13-22/h2-7,10-13,16,19,24,30H,8-9,14-15,17-18,20H2,1H3/q+1/t24?,28-/m0/s1. The van der Waals surface area contributed by atoms with Crippen LogP contribution in [0.4, 0.5) is 0 Å². The van der Waals surface area contributed by atoms with Gasteiger partial charge in [0.05, 0.1) is 25.8 Å². The first-order chi connectivity index (χ1) is 15.5. The van der Waals surface area contributed by atoms with E-state index in [2.05, 4.69) is 12.2 Å². The number of aliphatic hydroxyl groups is 1. The largest absolute Gasteiger partial charge is 0.457 e. The predicted octanol–water partition coefficient (Wildman–Crippen LogP) is 3.70. The number of carbonyl (C=O) groups is 1. The van der Waals surface area contributed by atoms with Gasteiger partial charge in [0.15, 0.2) is 0 Å². The topological polar surface area (TPSA) is 72.6 Å². The second kappa shape index (κ2) is 9.67. The summed E-state index contributed by atoms with van der Waals surface area (Å²) in [6.07, 6.45) is 5.57. The van der Waals surface area contributed by atoms with Crippen LogP contribution in [0.3, 0.4) is 0 Å². The van der Waals surface area contributed by atoms with E-state index in [9.17, 15) is 9.90 Å². The molecule has 1 saturated heterocycles. The molecule has 0 aliphatic carbocycles. The first-order valence-corrected chi connectivity index (χ1v) is 11.3. The van der Waals surface area contributed by atoms with Gasteiger partial charge in [-0.3, -0.25) is 0 Å². The van der Waals surface area contributed by atoms with Gasteiger partial charge < -0.3 is 18.8 Å². The summed E-state index contributed by atoms with van der Waals surface area (Å²) in [4.78, 5) is 13.3. The number of benzene rings is 2. The van der Waals surface area contributed by atoms with Crippen LogP contribution in [0.15, 0.2) is 77.5 Å². The molecule has 2 atom stereocenters. The summed E-state index contributed by atoms with van der Waals surface area (Å²) in [5.41, 5.74) is 0.145. The number of likely N-dealkylation sites (tertiary alicyclic amines) is 1. The first kappa shape index (κ1) is 22.2. The molecule has 4 rings (SSSR count). The van der Waals surface area contributed by atoms with Crippen LogP contribution in [0.1, 0.15) is 36.1 Å². The highest BCUT2D eigenvalue weighted by molar-refractivity contribution is 5.85. The van der Waals surface area contributed by atoms with Crippen molar-refractivity contribution in [3.05, 3.63) is 89.8 Å². The molecule has 1 aliphatic heterocycles. The Morgan fingerprint density at radius 1 is 1.12 bits per heavy atom. The highest BCUT2D eigenvalue weighted by atomic mass is 16.6. The van der Waals surface area contributed by atoms with Crippen LogP contribution >= 0.6 is 0 Å². The molecule has 2 heterocycles. The van der Waals surface area contributed by atoms with Crippen molar-refractivity contribution in [1.29, 1.82) is 0 Å². The van der Waals surface area contributed by atoms with Gasteiger partial charge in [0.25, 0.3) is 0 Å². The highest BCUT2D eigenvalue weighted by Gasteiger charge is 2.44. The lowest BCUT2D eigenvalue weighted by Gasteiger charge is -2.36. The van der Waals surface area contributed by atoms with E-state index in [1.807, 2.05) is 42.5 Å². The van der Waals surface area contributed by atoms with Gasteiger partial charge in [0, 0.05) is 25.3 Å². The van der Waals surface area contributed by atoms with Crippen molar-refractivity contribution in [3.8, 4) is 0 Å². The maximum atomic E-state index is 13.3. The van der Waals surface area contributed by atoms with Gasteiger partial charge in [-0.25, -0.2) is 4.79 Å². The quantitative estimate of drug-likeness (QED) is 0.410. The average Bonchev–Trinajstić information content (AvgIpc) is 3.48. The summed E-state index contributed by atoms with van der Waals surface area (Å²) in [5.74, 6) is -0.629. The number of esters is 1. The number of hydrogen-bond donors (Lipinski definition) is 1. The van der Waals surface area contributed by atoms with Gasteiger partial charge in [-0.1, -0.05) is 65.8 Å². The molecule has 0 bridgehead atoms. The van der Waals surface area contributed by atoms with Gasteiger partial charge in [0.2, 0.25) is 5.60 Å². The molecule has 168 valence electrons. The van der Waals surface area contributed by atoms with E-state index in [1.54, 1.807) is 30.5 Å². The molecule has 0 radical (unpaired) electrons. The summed E-state index contributed by atoms with van der Waals surface area (Å²) >= 11 is 0. The minimum absolute atomic E-state index is 0.215. The van der Waals surface area contributed by atoms with Crippen molar-refractivity contribution in [2.24, 2.45) is 0 Å². The third-order valence-electron chi connectivity index (χ3n) is 6.77. The second-order valence-electron chi connectivity index (χ2n) is 8.86. The van der Waals surface area contributed by atoms with Crippen LogP contribution in [0.25, 0.3) is 0 Å². The third kappa shape index (κ3) is 4.61. The van der Waals surface area contributed by atoms with Gasteiger partial charge in [0.1, 0.15) is 18.9 Å². The number of rotatable bonds is 9. The van der Waals surface area contributed by atoms with Crippen molar-refractivity contribution in [2.75, 3.05) is 26.7 Å². The number of quaternary nitrogens is 1.